The van der Waals surface area contributed by atoms with E-state index in [0.717, 1.165) is 194 Å². The fourth-order valence-corrected chi connectivity index (χ4v) is 25.0. The predicted octanol–water partition coefficient (Wildman–Crippen LogP) is 31.7. The Labute approximate surface area is 823 Å². The molecule has 138 heavy (non-hydrogen) atoms. The summed E-state index contributed by atoms with van der Waals surface area (Å²) in [5.74, 6) is -3.18. The number of benzene rings is 12. The van der Waals surface area contributed by atoms with Crippen LogP contribution in [0.15, 0.2) is 291 Å². The third-order valence-electron chi connectivity index (χ3n) is 26.9. The maximum Gasteiger partial charge on any atom is 0.216 e. The smallest absolute Gasteiger partial charge is 0.216 e. The van der Waals surface area contributed by atoms with E-state index in [0.29, 0.717) is 39.5 Å². The minimum Gasteiger partial charge on any atom is -0.456 e. The number of aromatic nitrogens is 4. The zero-order valence-electron chi connectivity index (χ0n) is 89.2. The number of hydrogen-bond acceptors (Lipinski definition) is 4. The molecule has 0 bridgehead atoms. The van der Waals surface area contributed by atoms with Crippen LogP contribution < -0.4 is 33.8 Å². The first-order valence-electron chi connectivity index (χ1n) is 49.9. The maximum absolute atomic E-state index is 8.96. The molecule has 8 heterocycles. The van der Waals surface area contributed by atoms with Crippen molar-refractivity contribution in [2.24, 2.45) is 28.2 Å². The molecule has 12 nitrogen and oxygen atoms in total. The second-order valence-corrected chi connectivity index (χ2v) is 55.2. The van der Waals surface area contributed by atoms with Crippen LogP contribution in [0.5, 0.6) is 0 Å². The highest BCUT2D eigenvalue weighted by atomic mass is 28.3. The van der Waals surface area contributed by atoms with Gasteiger partial charge in [-0.1, -0.05) is 319 Å². The van der Waals surface area contributed by atoms with Crippen molar-refractivity contribution in [2.45, 2.75) is 153 Å². The van der Waals surface area contributed by atoms with Gasteiger partial charge in [-0.25, -0.2) is 37.6 Å². The van der Waals surface area contributed by atoms with Crippen molar-refractivity contribution in [2.75, 3.05) is 0 Å². The first kappa shape index (κ1) is 87.1. The lowest BCUT2D eigenvalue weighted by Crippen LogP contribution is -2.47. The van der Waals surface area contributed by atoms with Crippen LogP contribution in [0.25, 0.3) is 197 Å². The molecule has 0 saturated heterocycles. The summed E-state index contributed by atoms with van der Waals surface area (Å²) >= 11 is 0. The molecule has 0 radical (unpaired) electrons. The van der Waals surface area contributed by atoms with Gasteiger partial charge in [-0.05, 0) is 119 Å². The first-order chi connectivity index (χ1) is 68.1. The summed E-state index contributed by atoms with van der Waals surface area (Å²) in [7, 11) is 3.28. The van der Waals surface area contributed by atoms with E-state index >= 15 is 0 Å². The number of rotatable bonds is 14. The van der Waals surface area contributed by atoms with Crippen LogP contribution in [0.1, 0.15) is 112 Å². The van der Waals surface area contributed by atoms with Crippen molar-refractivity contribution in [1.82, 2.24) is 0 Å². The largest absolute Gasteiger partial charge is 0.456 e. The van der Waals surface area contributed by atoms with Crippen LogP contribution in [0.2, 0.25) is 58.9 Å². The summed E-state index contributed by atoms with van der Waals surface area (Å²) < 4.78 is 85.3. The number of fused-ring (bicyclic) bond motifs is 12. The van der Waals surface area contributed by atoms with Crippen LogP contribution >= 0.6 is 0 Å². The second kappa shape index (κ2) is 37.6. The summed E-state index contributed by atoms with van der Waals surface area (Å²) in [5.41, 5.74) is 31.9. The molecular weight excluding hydrogens is 1740 g/mol. The highest BCUT2D eigenvalue weighted by molar-refractivity contribution is 6.90. The molecule has 20 rings (SSSR count). The van der Waals surface area contributed by atoms with Crippen molar-refractivity contribution in [1.29, 1.82) is 0 Å². The normalized spacial score (nSPS) is 13.1. The molecule has 0 fully saturated rings. The van der Waals surface area contributed by atoms with E-state index < -0.39 is 48.8 Å². The molecule has 15 heteroatoms. The van der Waals surface area contributed by atoms with Gasteiger partial charge in [0, 0.05) is 120 Å². The fraction of sp³-hybridized carbons (Fsp3) is 0.220. The molecule has 12 aromatic carbocycles. The summed E-state index contributed by atoms with van der Waals surface area (Å²) in [6.07, 6.45) is 8.48. The Bertz CT molecular complexity index is 8500. The van der Waals surface area contributed by atoms with Crippen LogP contribution in [-0.4, -0.2) is 24.2 Å². The number of hydrogen-bond donors (Lipinski definition) is 0. The molecule has 1 unspecified atom stereocenters. The predicted molar refractivity (Wildman–Crippen MR) is 583 cm³/mol. The Balaban J connectivity index is 0.000000132. The lowest BCUT2D eigenvalue weighted by atomic mass is 9.96. The Morgan fingerprint density at radius 2 is 0.543 bits per heavy atom. The highest BCUT2D eigenvalue weighted by Crippen LogP contribution is 2.51. The molecule has 0 amide bonds. The number of furan rings is 4. The quantitative estimate of drug-likeness (QED) is 0.0617. The first-order valence-corrected chi connectivity index (χ1v) is 57.4. The number of pyridine rings is 4. The molecule has 0 aliphatic heterocycles. The highest BCUT2D eigenvalue weighted by Gasteiger charge is 2.35. The zero-order valence-corrected chi connectivity index (χ0v) is 86.2. The van der Waals surface area contributed by atoms with Crippen molar-refractivity contribution in [3.8, 4) is 89.5 Å². The molecule has 8 aromatic heterocycles. The molecule has 0 aliphatic carbocycles. The Hall–Kier alpha value is -14.9. The lowest BCUT2D eigenvalue weighted by Gasteiger charge is -2.22. The van der Waals surface area contributed by atoms with E-state index in [2.05, 4.69) is 214 Å². The van der Waals surface area contributed by atoms with E-state index in [4.69, 9.17) is 52.2 Å². The van der Waals surface area contributed by atoms with Crippen molar-refractivity contribution in [3.63, 3.8) is 0 Å². The number of aryl methyl sites for hydroxylation is 9. The third kappa shape index (κ3) is 17.5. The van der Waals surface area contributed by atoms with Gasteiger partial charge in [-0.3, -0.25) is 0 Å². The van der Waals surface area contributed by atoms with Gasteiger partial charge in [0.2, 0.25) is 22.8 Å². The van der Waals surface area contributed by atoms with Gasteiger partial charge in [0.25, 0.3) is 0 Å². The van der Waals surface area contributed by atoms with Gasteiger partial charge < -0.3 is 17.7 Å². The van der Waals surface area contributed by atoms with Crippen LogP contribution in [0, 0.1) is 60.9 Å². The van der Waals surface area contributed by atoms with Crippen LogP contribution in [0.3, 0.4) is 0 Å². The zero-order chi connectivity index (χ0) is 103. The van der Waals surface area contributed by atoms with Gasteiger partial charge in [0.05, 0.1) is 72.8 Å². The van der Waals surface area contributed by atoms with Gasteiger partial charge in [-0.2, -0.15) is 0 Å². The average molecular weight is 1860 g/mol. The Morgan fingerprint density at radius 1 is 0.275 bits per heavy atom. The third-order valence-corrected chi connectivity index (χ3v) is 33.0. The lowest BCUT2D eigenvalue weighted by molar-refractivity contribution is -0.660. The minimum absolute atomic E-state index is 0.406. The monoisotopic (exact) mass is 1860 g/mol. The average Bonchev–Trinajstić information content (AvgIpc) is 1.57. The summed E-state index contributed by atoms with van der Waals surface area (Å²) in [6.45, 7) is 69.7. The summed E-state index contributed by atoms with van der Waals surface area (Å²) in [5, 5.41) is 12.1. The van der Waals surface area contributed by atoms with E-state index in [1.165, 1.54) is 33.6 Å². The van der Waals surface area contributed by atoms with Gasteiger partial charge in [0.1, 0.15) is 72.9 Å². The standard InChI is InChI=1S/2C32H33N2OSi.C30H29N2OSi.C29H25N2O/c1-20(2)25-19-34(5)27(18-28(25)36(6,7)8)29-21(3)14-15-23-24-16-17-26(33-4)30(32(24)35-31(23)29)22-12-10-9-11-13-22;1-20(2)25-18-27(34(5)19-28(25)36(6,7)8)29-21(3)14-15-23-24-16-17-26(33-4)30(32(24)35-31(23)29)22-12-10-9-11-13-22;1-19-13-14-22-23-15-16-24(31-3)28(21-11-9-8-10-12-21)30(23)33-29(22)27(19)25-17-20(2)26(18-32(25)4)34(5,6)7;1-18(2)21-15-16-31(5)25(17-21)26-19(3)11-12-22-23-13-14-24(30-4)27(29(23)32-28(22)26)20-9-7-6-8-10-20/h2*9-20H,1-3,5-8H3;8-18H,1-2,4-7H3;6-18H,1-3,5H3/q4*+1/i2*20D;;1D3,18D. The maximum atomic E-state index is 8.96. The molecule has 20 aromatic rings. The second-order valence-electron chi connectivity index (χ2n) is 40.0. The number of nitrogens with zero attached hydrogens (tertiary/aromatic N) is 8. The fourth-order valence-electron chi connectivity index (χ4n) is 19.8. The van der Waals surface area contributed by atoms with Gasteiger partial charge in [0.15, 0.2) is 47.5 Å². The molecule has 0 spiro atoms. The van der Waals surface area contributed by atoms with Gasteiger partial charge in [-0.15, -0.1) is 0 Å². The topological polar surface area (TPSA) is 85.5 Å². The van der Waals surface area contributed by atoms with E-state index in [9.17, 15) is 0 Å². The summed E-state index contributed by atoms with van der Waals surface area (Å²) in [4.78, 5) is 15.2. The minimum atomic E-state index is -2.48. The van der Waals surface area contributed by atoms with Crippen molar-refractivity contribution >= 4 is 150 Å². The molecule has 0 aliphatic rings. The Kier molecular flexibility index (Phi) is 23.7. The van der Waals surface area contributed by atoms with E-state index in [-0.39, 0.29) is 0 Å². The van der Waals surface area contributed by atoms with E-state index in [1.54, 1.807) is 18.3 Å². The van der Waals surface area contributed by atoms with Crippen LogP contribution in [0.4, 0.5) is 22.7 Å². The molecular formula is C123H120N8O4Si3+4. The Morgan fingerprint density at radius 3 is 0.833 bits per heavy atom. The van der Waals surface area contributed by atoms with Crippen molar-refractivity contribution < 1.29 is 44.2 Å². The molecule has 0 N–H and O–H groups in total. The van der Waals surface area contributed by atoms with Gasteiger partial charge >= 0.3 is 0 Å². The SMILES string of the molecule is [2H]C(C)(C)c1c[n+](C)c(-c2c(C)ccc3c2oc2c(-c4ccccc4)c([N+]#[C-])ccc23)cc1[Si](C)(C)C.[2H]C(C)(C)c1cc(-c2c(C)ccc3c2oc2c(-c4ccccc4)c([N+]#[C-])ccc23)[n+](C)cc1[Si](C)(C)C.[2H]C([2H])([2H])C([2H])(C)c1cc[n+](C)c(-c2c(C)ccc3c2oc2c(-c4ccccc4)c([N+]#[C-])ccc23)c1.[C-]#[N+]c1ccc2c(oc3c(-c4cc(C)c([Si](C)(C)C)c[n+]4C)c(C)ccc32)c1-c1ccccc1. The summed E-state index contributed by atoms with van der Waals surface area (Å²) in [6, 6.07) is 82.6. The molecule has 1 atom stereocenters. The molecule has 684 valence electrons. The van der Waals surface area contributed by atoms with E-state index in [1.807, 2.05) is 228 Å². The van der Waals surface area contributed by atoms with Crippen molar-refractivity contribution in [3.05, 3.63) is 364 Å². The van der Waals surface area contributed by atoms with Crippen LogP contribution in [-0.2, 0) is 28.2 Å². The molecule has 0 saturated carbocycles.